The van der Waals surface area contributed by atoms with E-state index in [1.165, 1.54) is 0 Å². The van der Waals surface area contributed by atoms with Gasteiger partial charge in [-0.05, 0) is 12.1 Å². The quantitative estimate of drug-likeness (QED) is 0.646. The molecule has 4 nitrogen and oxygen atoms in total. The van der Waals surface area contributed by atoms with Crippen LogP contribution in [0.4, 0.5) is 5.82 Å². The fraction of sp³-hybridized carbons (Fsp3) is 0.125. The number of nitrogens with two attached hydrogens (primary N) is 2. The second-order valence-corrected chi connectivity index (χ2v) is 2.29. The van der Waals surface area contributed by atoms with Crippen molar-refractivity contribution in [3.05, 3.63) is 30.0 Å². The third-order valence-electron chi connectivity index (χ3n) is 1.47. The Labute approximate surface area is 70.8 Å². The fourth-order valence-corrected chi connectivity index (χ4v) is 0.866. The number of nitrogen functional groups attached to an aromatic ring is 1. The van der Waals surface area contributed by atoms with Gasteiger partial charge in [-0.25, -0.2) is 10.9 Å². The second-order valence-electron chi connectivity index (χ2n) is 2.29. The number of anilines is 1. The molecule has 4 heteroatoms. The number of nitrogens with zero attached hydrogens (tertiary/aromatic N) is 1. The lowest BCUT2D eigenvalue weighted by Gasteiger charge is -2.02. The normalized spacial score (nSPS) is 9.75. The van der Waals surface area contributed by atoms with Crippen molar-refractivity contribution >= 4 is 11.9 Å². The predicted molar refractivity (Wildman–Crippen MR) is 47.7 cm³/mol. The van der Waals surface area contributed by atoms with E-state index < -0.39 is 0 Å². The molecule has 64 valence electrons. The molecule has 0 aliphatic heterocycles. The van der Waals surface area contributed by atoms with Gasteiger partial charge in [0.05, 0.1) is 5.69 Å². The van der Waals surface area contributed by atoms with Gasteiger partial charge < -0.3 is 5.73 Å². The molecule has 0 saturated carbocycles. The molecular weight excluding hydrogens is 154 g/mol. The lowest BCUT2D eigenvalue weighted by atomic mass is 10.2. The Morgan fingerprint density at radius 3 is 2.83 bits per heavy atom. The maximum Gasteiger partial charge on any atom is 0.131 e. The minimum absolute atomic E-state index is 0.265. The summed E-state index contributed by atoms with van der Waals surface area (Å²) >= 11 is 0. The van der Waals surface area contributed by atoms with Crippen LogP contribution in [0.5, 0.6) is 0 Å². The molecule has 0 atom stereocenters. The van der Waals surface area contributed by atoms with Gasteiger partial charge in [0.15, 0.2) is 0 Å². The number of pyridine rings is 1. The third kappa shape index (κ3) is 1.81. The van der Waals surface area contributed by atoms with Crippen LogP contribution < -0.4 is 11.6 Å². The summed E-state index contributed by atoms with van der Waals surface area (Å²) in [5, 5.41) is 0. The van der Waals surface area contributed by atoms with Crippen molar-refractivity contribution < 1.29 is 4.84 Å². The highest BCUT2D eigenvalue weighted by Crippen LogP contribution is 2.10. The van der Waals surface area contributed by atoms with Gasteiger partial charge in [-0.15, -0.1) is 0 Å². The molecule has 0 amide bonds. The molecule has 1 aromatic heterocycles. The zero-order chi connectivity index (χ0) is 8.97. The Morgan fingerprint density at radius 1 is 1.58 bits per heavy atom. The van der Waals surface area contributed by atoms with Crippen LogP contribution in [-0.2, 0) is 11.4 Å². The van der Waals surface area contributed by atoms with Crippen molar-refractivity contribution in [3.8, 4) is 0 Å². The molecule has 0 aliphatic carbocycles. The van der Waals surface area contributed by atoms with E-state index in [9.17, 15) is 0 Å². The van der Waals surface area contributed by atoms with Gasteiger partial charge in [-0.3, -0.25) is 4.84 Å². The summed E-state index contributed by atoms with van der Waals surface area (Å²) < 4.78 is 0. The largest absolute Gasteiger partial charge is 0.383 e. The SMILES string of the molecule is C=Cc1ccc(CON)nc1N. The molecule has 0 aliphatic rings. The van der Waals surface area contributed by atoms with Crippen molar-refractivity contribution in [2.24, 2.45) is 5.90 Å². The van der Waals surface area contributed by atoms with Gasteiger partial charge in [0, 0.05) is 5.56 Å². The molecule has 1 aromatic rings. The first-order valence-corrected chi connectivity index (χ1v) is 3.47. The van der Waals surface area contributed by atoms with E-state index in [0.717, 1.165) is 5.56 Å². The molecule has 0 saturated heterocycles. The smallest absolute Gasteiger partial charge is 0.131 e. The summed E-state index contributed by atoms with van der Waals surface area (Å²) in [6.07, 6.45) is 1.65. The van der Waals surface area contributed by atoms with Crippen LogP contribution in [0, 0.1) is 0 Å². The fourth-order valence-electron chi connectivity index (χ4n) is 0.866. The van der Waals surface area contributed by atoms with Gasteiger partial charge in [-0.1, -0.05) is 12.7 Å². The number of hydrogen-bond donors (Lipinski definition) is 2. The highest BCUT2D eigenvalue weighted by Gasteiger charge is 1.98. The molecule has 1 rings (SSSR count). The lowest BCUT2D eigenvalue weighted by Crippen LogP contribution is -2.03. The molecule has 0 spiro atoms. The van der Waals surface area contributed by atoms with Crippen LogP contribution >= 0.6 is 0 Å². The standard InChI is InChI=1S/C8H11N3O/c1-2-6-3-4-7(5-12-10)11-8(6)9/h2-4H,1,5,10H2,(H2,9,11). The average molecular weight is 165 g/mol. The summed E-state index contributed by atoms with van der Waals surface area (Å²) in [4.78, 5) is 8.45. The van der Waals surface area contributed by atoms with E-state index in [2.05, 4.69) is 16.4 Å². The maximum absolute atomic E-state index is 5.58. The minimum Gasteiger partial charge on any atom is -0.383 e. The Bertz CT molecular complexity index is 286. The first kappa shape index (κ1) is 8.70. The van der Waals surface area contributed by atoms with E-state index in [4.69, 9.17) is 11.6 Å². The predicted octanol–water partition coefficient (Wildman–Crippen LogP) is 0.697. The van der Waals surface area contributed by atoms with Crippen LogP contribution in [0.15, 0.2) is 18.7 Å². The maximum atomic E-state index is 5.58. The zero-order valence-corrected chi connectivity index (χ0v) is 6.66. The molecule has 12 heavy (non-hydrogen) atoms. The van der Waals surface area contributed by atoms with E-state index >= 15 is 0 Å². The molecular formula is C8H11N3O. The van der Waals surface area contributed by atoms with Crippen LogP contribution in [0.2, 0.25) is 0 Å². The first-order chi connectivity index (χ1) is 5.77. The zero-order valence-electron chi connectivity index (χ0n) is 6.66. The summed E-state index contributed by atoms with van der Waals surface area (Å²) in [7, 11) is 0. The van der Waals surface area contributed by atoms with Crippen molar-refractivity contribution in [1.29, 1.82) is 0 Å². The van der Waals surface area contributed by atoms with Crippen molar-refractivity contribution in [2.75, 3.05) is 5.73 Å². The summed E-state index contributed by atoms with van der Waals surface area (Å²) in [6, 6.07) is 3.62. The van der Waals surface area contributed by atoms with Gasteiger partial charge in [-0.2, -0.15) is 0 Å². The molecule has 4 N–H and O–H groups in total. The topological polar surface area (TPSA) is 74.2 Å². The molecule has 0 radical (unpaired) electrons. The molecule has 0 aromatic carbocycles. The second kappa shape index (κ2) is 3.85. The van der Waals surface area contributed by atoms with Crippen molar-refractivity contribution in [3.63, 3.8) is 0 Å². The van der Waals surface area contributed by atoms with Crippen LogP contribution in [-0.4, -0.2) is 4.98 Å². The minimum atomic E-state index is 0.265. The first-order valence-electron chi connectivity index (χ1n) is 3.47. The summed E-state index contributed by atoms with van der Waals surface area (Å²) in [5.74, 6) is 5.32. The number of rotatable bonds is 3. The molecule has 0 fully saturated rings. The Hall–Kier alpha value is -1.39. The van der Waals surface area contributed by atoms with Crippen molar-refractivity contribution in [2.45, 2.75) is 6.61 Å². The highest BCUT2D eigenvalue weighted by molar-refractivity contribution is 5.59. The Morgan fingerprint density at radius 2 is 2.33 bits per heavy atom. The van der Waals surface area contributed by atoms with E-state index in [-0.39, 0.29) is 6.61 Å². The number of aromatic nitrogens is 1. The van der Waals surface area contributed by atoms with Gasteiger partial charge in [0.25, 0.3) is 0 Å². The van der Waals surface area contributed by atoms with Crippen molar-refractivity contribution in [1.82, 2.24) is 4.98 Å². The van der Waals surface area contributed by atoms with Gasteiger partial charge in [0.1, 0.15) is 12.4 Å². The van der Waals surface area contributed by atoms with E-state index in [0.29, 0.717) is 11.5 Å². The highest BCUT2D eigenvalue weighted by atomic mass is 16.6. The van der Waals surface area contributed by atoms with Crippen LogP contribution in [0.3, 0.4) is 0 Å². The van der Waals surface area contributed by atoms with E-state index in [1.807, 2.05) is 6.07 Å². The Kier molecular flexibility index (Phi) is 2.79. The molecule has 0 bridgehead atoms. The summed E-state index contributed by atoms with van der Waals surface area (Å²) in [5.41, 5.74) is 7.11. The Balaban J connectivity index is 2.93. The van der Waals surface area contributed by atoms with E-state index in [1.54, 1.807) is 12.1 Å². The molecule has 1 heterocycles. The van der Waals surface area contributed by atoms with Gasteiger partial charge >= 0.3 is 0 Å². The van der Waals surface area contributed by atoms with Crippen LogP contribution in [0.1, 0.15) is 11.3 Å². The molecule has 0 unspecified atom stereocenters. The summed E-state index contributed by atoms with van der Waals surface area (Å²) in [6.45, 7) is 3.86. The monoisotopic (exact) mass is 165 g/mol. The average Bonchev–Trinajstić information content (AvgIpc) is 2.05. The number of hydrogen-bond acceptors (Lipinski definition) is 4. The third-order valence-corrected chi connectivity index (χ3v) is 1.47. The van der Waals surface area contributed by atoms with Gasteiger partial charge in [0.2, 0.25) is 0 Å². The lowest BCUT2D eigenvalue weighted by molar-refractivity contribution is 0.121. The van der Waals surface area contributed by atoms with Crippen LogP contribution in [0.25, 0.3) is 6.08 Å².